The van der Waals surface area contributed by atoms with Crippen LogP contribution in [0.1, 0.15) is 36.2 Å². The van der Waals surface area contributed by atoms with Crippen LogP contribution >= 0.6 is 0 Å². The lowest BCUT2D eigenvalue weighted by atomic mass is 9.82. The number of benzene rings is 6. The van der Waals surface area contributed by atoms with Gasteiger partial charge in [0.25, 0.3) is 0 Å². The molecule has 0 unspecified atom stereocenters. The van der Waals surface area contributed by atoms with Gasteiger partial charge < -0.3 is 9.47 Å². The molecular formula is C44H35N3. The second-order valence-electron chi connectivity index (χ2n) is 13.2. The number of aliphatic imine (C=N–C) groups is 1. The van der Waals surface area contributed by atoms with Gasteiger partial charge in [0, 0.05) is 64.0 Å². The van der Waals surface area contributed by atoms with Crippen LogP contribution in [0.4, 0.5) is 17.1 Å². The fourth-order valence-electron chi connectivity index (χ4n) is 7.80. The smallest absolute Gasteiger partial charge is 0.0538 e. The molecule has 3 heteroatoms. The Morgan fingerprint density at radius 3 is 2.06 bits per heavy atom. The molecule has 2 aliphatic rings. The molecule has 0 N–H and O–H groups in total. The maximum absolute atomic E-state index is 4.67. The molecule has 1 aliphatic heterocycles. The Morgan fingerprint density at radius 1 is 0.596 bits per heavy atom. The molecule has 6 aromatic carbocycles. The summed E-state index contributed by atoms with van der Waals surface area (Å²) in [4.78, 5) is 7.04. The van der Waals surface area contributed by atoms with Crippen molar-refractivity contribution in [2.45, 2.75) is 25.7 Å². The highest BCUT2D eigenvalue weighted by atomic mass is 15.1. The van der Waals surface area contributed by atoms with E-state index in [4.69, 9.17) is 0 Å². The van der Waals surface area contributed by atoms with Gasteiger partial charge in [0.05, 0.1) is 5.52 Å². The predicted molar refractivity (Wildman–Crippen MR) is 197 cm³/mol. The molecule has 9 rings (SSSR count). The van der Waals surface area contributed by atoms with Gasteiger partial charge in [-0.05, 0) is 94.0 Å². The topological polar surface area (TPSA) is 20.5 Å². The van der Waals surface area contributed by atoms with E-state index in [1.807, 2.05) is 0 Å². The van der Waals surface area contributed by atoms with Gasteiger partial charge in [-0.3, -0.25) is 4.99 Å². The van der Waals surface area contributed by atoms with E-state index in [1.54, 1.807) is 0 Å². The van der Waals surface area contributed by atoms with Gasteiger partial charge in [-0.15, -0.1) is 0 Å². The van der Waals surface area contributed by atoms with Crippen molar-refractivity contribution in [3.8, 4) is 27.9 Å². The predicted octanol–water partition coefficient (Wildman–Crippen LogP) is 11.0. The van der Waals surface area contributed by atoms with E-state index in [-0.39, 0.29) is 5.41 Å². The summed E-state index contributed by atoms with van der Waals surface area (Å²) in [6, 6.07) is 53.1. The molecule has 3 nitrogen and oxygen atoms in total. The molecule has 1 aliphatic carbocycles. The molecule has 2 heterocycles. The number of para-hydroxylation sites is 2. The van der Waals surface area contributed by atoms with Crippen LogP contribution in [0.3, 0.4) is 0 Å². The van der Waals surface area contributed by atoms with E-state index >= 15 is 0 Å². The number of fused-ring (bicyclic) bond motifs is 6. The van der Waals surface area contributed by atoms with E-state index in [0.29, 0.717) is 0 Å². The Bertz CT molecular complexity index is 2310. The van der Waals surface area contributed by atoms with Crippen molar-refractivity contribution in [3.05, 3.63) is 168 Å². The SMILES string of the molecule is CC1(C)c2ccccc2-c2ccc(N(c3ccccc3)c3ccc(-c4ccc5c(c4)c4c(n5-c5ccccc5)CCN=C4)cc3)cc21. The van der Waals surface area contributed by atoms with Crippen LogP contribution in [0.5, 0.6) is 0 Å². The lowest BCUT2D eigenvalue weighted by Gasteiger charge is -2.28. The Kier molecular flexibility index (Phi) is 6.29. The average molecular weight is 606 g/mol. The average Bonchev–Trinajstić information content (AvgIpc) is 3.58. The van der Waals surface area contributed by atoms with Crippen LogP contribution < -0.4 is 4.90 Å². The molecule has 1 aromatic heterocycles. The fourth-order valence-corrected chi connectivity index (χ4v) is 7.80. The third-order valence-corrected chi connectivity index (χ3v) is 10.1. The Hall–Kier alpha value is -5.67. The van der Waals surface area contributed by atoms with Crippen LogP contribution in [0.25, 0.3) is 38.8 Å². The quantitative estimate of drug-likeness (QED) is 0.191. The molecule has 0 saturated carbocycles. The minimum atomic E-state index is -0.0594. The molecule has 0 atom stereocenters. The first-order valence-corrected chi connectivity index (χ1v) is 16.5. The van der Waals surface area contributed by atoms with E-state index < -0.39 is 0 Å². The van der Waals surface area contributed by atoms with Gasteiger partial charge in [-0.25, -0.2) is 0 Å². The third kappa shape index (κ3) is 4.38. The minimum Gasteiger partial charge on any atom is -0.313 e. The third-order valence-electron chi connectivity index (χ3n) is 10.1. The second kappa shape index (κ2) is 10.7. The van der Waals surface area contributed by atoms with Crippen molar-refractivity contribution >= 4 is 34.2 Å². The monoisotopic (exact) mass is 605 g/mol. The van der Waals surface area contributed by atoms with Gasteiger partial charge in [0.2, 0.25) is 0 Å². The van der Waals surface area contributed by atoms with Crippen LogP contribution in [-0.2, 0) is 11.8 Å². The molecule has 0 saturated heterocycles. The highest BCUT2D eigenvalue weighted by Crippen LogP contribution is 2.50. The zero-order valence-corrected chi connectivity index (χ0v) is 26.7. The van der Waals surface area contributed by atoms with Gasteiger partial charge in [-0.1, -0.05) is 98.8 Å². The summed E-state index contributed by atoms with van der Waals surface area (Å²) in [6.45, 7) is 5.52. The molecule has 0 amide bonds. The Morgan fingerprint density at radius 2 is 1.26 bits per heavy atom. The number of hydrogen-bond acceptors (Lipinski definition) is 2. The minimum absolute atomic E-state index is 0.0594. The normalized spacial score (nSPS) is 14.1. The van der Waals surface area contributed by atoms with Crippen LogP contribution in [0.15, 0.2) is 151 Å². The van der Waals surface area contributed by atoms with Crippen molar-refractivity contribution in [2.75, 3.05) is 11.4 Å². The van der Waals surface area contributed by atoms with Gasteiger partial charge >= 0.3 is 0 Å². The van der Waals surface area contributed by atoms with Crippen molar-refractivity contribution in [3.63, 3.8) is 0 Å². The van der Waals surface area contributed by atoms with E-state index in [0.717, 1.165) is 30.0 Å². The lowest BCUT2D eigenvalue weighted by molar-refractivity contribution is 0.660. The first-order valence-electron chi connectivity index (χ1n) is 16.5. The van der Waals surface area contributed by atoms with Crippen LogP contribution in [0.2, 0.25) is 0 Å². The van der Waals surface area contributed by atoms with Crippen molar-refractivity contribution < 1.29 is 0 Å². The van der Waals surface area contributed by atoms with E-state index in [2.05, 4.69) is 180 Å². The van der Waals surface area contributed by atoms with Gasteiger partial charge in [-0.2, -0.15) is 0 Å². The summed E-state index contributed by atoms with van der Waals surface area (Å²) in [5, 5.41) is 1.25. The van der Waals surface area contributed by atoms with Gasteiger partial charge in [0.1, 0.15) is 0 Å². The lowest BCUT2D eigenvalue weighted by Crippen LogP contribution is -2.16. The first-order chi connectivity index (χ1) is 23.1. The number of aromatic nitrogens is 1. The number of nitrogens with zero attached hydrogens (tertiary/aromatic N) is 3. The molecule has 7 aromatic rings. The zero-order chi connectivity index (χ0) is 31.5. The molecular weight excluding hydrogens is 571 g/mol. The second-order valence-corrected chi connectivity index (χ2v) is 13.2. The summed E-state index contributed by atoms with van der Waals surface area (Å²) in [6.07, 6.45) is 3.02. The maximum Gasteiger partial charge on any atom is 0.0538 e. The molecule has 0 radical (unpaired) electrons. The molecule has 47 heavy (non-hydrogen) atoms. The first kappa shape index (κ1) is 27.6. The summed E-state index contributed by atoms with van der Waals surface area (Å²) in [5.41, 5.74) is 16.2. The van der Waals surface area contributed by atoms with Crippen LogP contribution in [-0.4, -0.2) is 17.3 Å². The Labute approximate surface area is 276 Å². The van der Waals surface area contributed by atoms with Crippen LogP contribution in [0, 0.1) is 0 Å². The van der Waals surface area contributed by atoms with Crippen molar-refractivity contribution in [1.82, 2.24) is 4.57 Å². The van der Waals surface area contributed by atoms with Crippen molar-refractivity contribution in [1.29, 1.82) is 0 Å². The molecule has 0 bridgehead atoms. The number of hydrogen-bond donors (Lipinski definition) is 0. The largest absolute Gasteiger partial charge is 0.313 e. The fraction of sp³-hybridized carbons (Fsp3) is 0.114. The maximum atomic E-state index is 4.67. The van der Waals surface area contributed by atoms with E-state index in [9.17, 15) is 0 Å². The van der Waals surface area contributed by atoms with Crippen molar-refractivity contribution in [2.24, 2.45) is 4.99 Å². The molecule has 0 spiro atoms. The summed E-state index contributed by atoms with van der Waals surface area (Å²) in [7, 11) is 0. The highest BCUT2D eigenvalue weighted by molar-refractivity contribution is 6.04. The summed E-state index contributed by atoms with van der Waals surface area (Å²) < 4.78 is 2.41. The standard InChI is InChI=1S/C44H35N3/c1-44(2)40-16-10-9-15-36(40)37-23-22-35(28-41(37)44)46(32-11-5-3-6-12-32)34-20-17-30(18-21-34)31-19-24-42-38(27-31)39-29-45-26-25-43(39)47(42)33-13-7-4-8-14-33/h3-24,27-29H,25-26H2,1-2H3. The summed E-state index contributed by atoms with van der Waals surface area (Å²) >= 11 is 0. The van der Waals surface area contributed by atoms with E-state index in [1.165, 1.54) is 61.2 Å². The zero-order valence-electron chi connectivity index (χ0n) is 26.7. The summed E-state index contributed by atoms with van der Waals surface area (Å²) in [5.74, 6) is 0. The highest BCUT2D eigenvalue weighted by Gasteiger charge is 2.35. The Balaban J connectivity index is 1.12. The molecule has 0 fully saturated rings. The number of rotatable bonds is 5. The number of anilines is 3. The van der Waals surface area contributed by atoms with Gasteiger partial charge in [0.15, 0.2) is 0 Å². The molecule has 226 valence electrons.